The fraction of sp³-hybridized carbons (Fsp3) is 0.417. The summed E-state index contributed by atoms with van der Waals surface area (Å²) in [6.45, 7) is -0.0110. The van der Waals surface area contributed by atoms with Gasteiger partial charge in [0.25, 0.3) is 0 Å². The molecule has 1 aromatic carbocycles. The van der Waals surface area contributed by atoms with Crippen molar-refractivity contribution in [1.29, 1.82) is 5.26 Å². The van der Waals surface area contributed by atoms with Crippen molar-refractivity contribution in [3.8, 4) is 6.07 Å². The van der Waals surface area contributed by atoms with Gasteiger partial charge in [-0.15, -0.1) is 0 Å². The van der Waals surface area contributed by atoms with Gasteiger partial charge in [-0.2, -0.15) is 17.0 Å². The molecule has 0 amide bonds. The van der Waals surface area contributed by atoms with Crippen molar-refractivity contribution >= 4 is 21.8 Å². The molecule has 104 valence electrons. The number of rotatable bonds is 7. The van der Waals surface area contributed by atoms with E-state index >= 15 is 0 Å². The molecule has 0 heterocycles. The van der Waals surface area contributed by atoms with Crippen LogP contribution in [0.25, 0.3) is 0 Å². The van der Waals surface area contributed by atoms with Crippen molar-refractivity contribution in [3.63, 3.8) is 0 Å². The highest BCUT2D eigenvalue weighted by Gasteiger charge is 2.15. The number of thioether (sulfide) groups is 1. The second-order valence-corrected chi connectivity index (χ2v) is 6.68. The maximum absolute atomic E-state index is 11.9. The smallest absolute Gasteiger partial charge is 0.240 e. The Balaban J connectivity index is 2.63. The molecule has 0 aliphatic heterocycles. The van der Waals surface area contributed by atoms with E-state index in [0.29, 0.717) is 12.0 Å². The Morgan fingerprint density at radius 3 is 2.58 bits per heavy atom. The van der Waals surface area contributed by atoms with Gasteiger partial charge in [0.15, 0.2) is 0 Å². The maximum atomic E-state index is 11.9. The van der Waals surface area contributed by atoms with Gasteiger partial charge in [0, 0.05) is 6.54 Å². The van der Waals surface area contributed by atoms with E-state index in [1.165, 1.54) is 24.3 Å². The fourth-order valence-corrected chi connectivity index (χ4v) is 2.93. The summed E-state index contributed by atoms with van der Waals surface area (Å²) in [6, 6.07) is 7.55. The van der Waals surface area contributed by atoms with Crippen LogP contribution in [-0.2, 0) is 10.0 Å². The second kappa shape index (κ2) is 7.50. The molecule has 19 heavy (non-hydrogen) atoms. The summed E-state index contributed by atoms with van der Waals surface area (Å²) in [5.41, 5.74) is 0.402. The molecule has 0 fully saturated rings. The molecule has 0 aromatic heterocycles. The molecule has 1 unspecified atom stereocenters. The van der Waals surface area contributed by atoms with E-state index in [4.69, 9.17) is 5.26 Å². The Morgan fingerprint density at radius 2 is 2.05 bits per heavy atom. The summed E-state index contributed by atoms with van der Waals surface area (Å²) < 4.78 is 26.2. The highest BCUT2D eigenvalue weighted by atomic mass is 32.2. The number of nitriles is 1. The molecule has 1 atom stereocenters. The van der Waals surface area contributed by atoms with Gasteiger partial charge in [0.1, 0.15) is 0 Å². The van der Waals surface area contributed by atoms with E-state index in [1.807, 2.05) is 12.3 Å². The van der Waals surface area contributed by atoms with Crippen LogP contribution in [0.4, 0.5) is 0 Å². The van der Waals surface area contributed by atoms with Gasteiger partial charge in [-0.05, 0) is 42.7 Å². The lowest BCUT2D eigenvalue weighted by molar-refractivity contribution is 0.175. The molecule has 0 saturated heterocycles. The Hall–Kier alpha value is -1.07. The third-order valence-corrected chi connectivity index (χ3v) is 4.54. The molecule has 5 nitrogen and oxygen atoms in total. The Morgan fingerprint density at radius 1 is 1.42 bits per heavy atom. The normalized spacial score (nSPS) is 12.9. The zero-order chi connectivity index (χ0) is 14.3. The average molecular weight is 300 g/mol. The number of sulfonamides is 1. The summed E-state index contributed by atoms with van der Waals surface area (Å²) >= 11 is 1.60. The van der Waals surface area contributed by atoms with E-state index in [2.05, 4.69) is 4.72 Å². The van der Waals surface area contributed by atoms with E-state index in [0.717, 1.165) is 5.75 Å². The van der Waals surface area contributed by atoms with Gasteiger partial charge >= 0.3 is 0 Å². The molecule has 0 radical (unpaired) electrons. The van der Waals surface area contributed by atoms with Crippen molar-refractivity contribution in [3.05, 3.63) is 29.8 Å². The van der Waals surface area contributed by atoms with Crippen molar-refractivity contribution in [2.75, 3.05) is 18.6 Å². The van der Waals surface area contributed by atoms with Gasteiger partial charge in [-0.3, -0.25) is 0 Å². The standard InChI is InChI=1S/C12H16N2O3S2/c1-18-7-6-11(15)9-14-19(16,17)12-4-2-10(8-13)3-5-12/h2-5,11,14-15H,6-7,9H2,1H3. The van der Waals surface area contributed by atoms with Crippen LogP contribution in [0.15, 0.2) is 29.2 Å². The molecule has 1 rings (SSSR count). The third-order valence-electron chi connectivity index (χ3n) is 2.46. The minimum atomic E-state index is -3.63. The summed E-state index contributed by atoms with van der Waals surface area (Å²) in [4.78, 5) is 0.0866. The van der Waals surface area contributed by atoms with Gasteiger partial charge in [0.05, 0.1) is 22.6 Å². The molecule has 7 heteroatoms. The number of nitrogens with one attached hydrogen (secondary N) is 1. The molecule has 0 aliphatic rings. The second-order valence-electron chi connectivity index (χ2n) is 3.92. The van der Waals surface area contributed by atoms with Crippen LogP contribution in [0.1, 0.15) is 12.0 Å². The Kier molecular flexibility index (Phi) is 6.31. The Labute approximate surface area is 117 Å². The van der Waals surface area contributed by atoms with Crippen LogP contribution in [0, 0.1) is 11.3 Å². The quantitative estimate of drug-likeness (QED) is 0.782. The molecule has 0 spiro atoms. The average Bonchev–Trinajstić information content (AvgIpc) is 2.43. The number of nitrogens with zero attached hydrogens (tertiary/aromatic N) is 1. The van der Waals surface area contributed by atoms with Crippen LogP contribution in [0.5, 0.6) is 0 Å². The largest absolute Gasteiger partial charge is 0.392 e. The molecule has 2 N–H and O–H groups in total. The van der Waals surface area contributed by atoms with Crippen LogP contribution in [-0.4, -0.2) is 38.2 Å². The van der Waals surface area contributed by atoms with Crippen molar-refractivity contribution in [2.45, 2.75) is 17.4 Å². The molecule has 0 aliphatic carbocycles. The summed E-state index contributed by atoms with van der Waals surface area (Å²) in [6.07, 6.45) is 1.77. The van der Waals surface area contributed by atoms with Gasteiger partial charge in [-0.25, -0.2) is 13.1 Å². The Bertz CT molecular complexity index is 535. The number of hydrogen-bond acceptors (Lipinski definition) is 5. The lowest BCUT2D eigenvalue weighted by Gasteiger charge is -2.11. The molecule has 1 aromatic rings. The van der Waals surface area contributed by atoms with E-state index in [-0.39, 0.29) is 11.4 Å². The zero-order valence-corrected chi connectivity index (χ0v) is 12.2. The first kappa shape index (κ1) is 16.0. The third kappa shape index (κ3) is 5.20. The number of hydrogen-bond donors (Lipinski definition) is 2. The van der Waals surface area contributed by atoms with E-state index in [9.17, 15) is 13.5 Å². The minimum absolute atomic E-state index is 0.0110. The SMILES string of the molecule is CSCCC(O)CNS(=O)(=O)c1ccc(C#N)cc1. The summed E-state index contributed by atoms with van der Waals surface area (Å²) in [7, 11) is -3.63. The van der Waals surface area contributed by atoms with Crippen LogP contribution >= 0.6 is 11.8 Å². The molecular formula is C12H16N2O3S2. The minimum Gasteiger partial charge on any atom is -0.392 e. The van der Waals surface area contributed by atoms with Crippen molar-refractivity contribution in [1.82, 2.24) is 4.72 Å². The van der Waals surface area contributed by atoms with Gasteiger partial charge < -0.3 is 5.11 Å². The van der Waals surface area contributed by atoms with E-state index in [1.54, 1.807) is 11.8 Å². The number of aliphatic hydroxyl groups is 1. The first-order chi connectivity index (χ1) is 8.99. The molecular weight excluding hydrogens is 284 g/mol. The highest BCUT2D eigenvalue weighted by molar-refractivity contribution is 7.98. The van der Waals surface area contributed by atoms with E-state index < -0.39 is 16.1 Å². The maximum Gasteiger partial charge on any atom is 0.240 e. The zero-order valence-electron chi connectivity index (χ0n) is 10.5. The highest BCUT2D eigenvalue weighted by Crippen LogP contribution is 2.10. The lowest BCUT2D eigenvalue weighted by Crippen LogP contribution is -2.32. The fourth-order valence-electron chi connectivity index (χ4n) is 1.35. The molecule has 0 saturated carbocycles. The monoisotopic (exact) mass is 300 g/mol. The number of aliphatic hydroxyl groups excluding tert-OH is 1. The van der Waals surface area contributed by atoms with Gasteiger partial charge in [-0.1, -0.05) is 0 Å². The first-order valence-corrected chi connectivity index (χ1v) is 8.54. The summed E-state index contributed by atoms with van der Waals surface area (Å²) in [5.74, 6) is 0.778. The van der Waals surface area contributed by atoms with Crippen LogP contribution in [0.2, 0.25) is 0 Å². The number of benzene rings is 1. The van der Waals surface area contributed by atoms with Gasteiger partial charge in [0.2, 0.25) is 10.0 Å². The van der Waals surface area contributed by atoms with Crippen LogP contribution in [0.3, 0.4) is 0 Å². The van der Waals surface area contributed by atoms with Crippen molar-refractivity contribution in [2.24, 2.45) is 0 Å². The predicted octanol–water partition coefficient (Wildman–Crippen LogP) is 0.951. The van der Waals surface area contributed by atoms with Crippen molar-refractivity contribution < 1.29 is 13.5 Å². The predicted molar refractivity (Wildman–Crippen MR) is 75.4 cm³/mol. The topological polar surface area (TPSA) is 90.2 Å². The van der Waals surface area contributed by atoms with Crippen LogP contribution < -0.4 is 4.72 Å². The summed E-state index contributed by atoms with van der Waals surface area (Å²) in [5, 5.41) is 18.2. The molecule has 0 bridgehead atoms. The first-order valence-electron chi connectivity index (χ1n) is 5.66. The lowest BCUT2D eigenvalue weighted by atomic mass is 10.2.